The first-order valence-corrected chi connectivity index (χ1v) is 11.2. The van der Waals surface area contributed by atoms with Gasteiger partial charge in [-0.15, -0.1) is 0 Å². The van der Waals surface area contributed by atoms with Gasteiger partial charge in [-0.05, 0) is 44.1 Å². The number of ketones is 1. The molecule has 0 saturated heterocycles. The minimum atomic E-state index is -0.725. The van der Waals surface area contributed by atoms with E-state index in [1.807, 2.05) is 6.08 Å². The average Bonchev–Trinajstić information content (AvgIpc) is 2.94. The molecule has 4 rings (SSSR count). The number of allylic oxidation sites excluding steroid dienone is 1. The highest BCUT2D eigenvalue weighted by molar-refractivity contribution is 5.87. The van der Waals surface area contributed by atoms with Crippen molar-refractivity contribution in [2.75, 3.05) is 14.2 Å². The van der Waals surface area contributed by atoms with Gasteiger partial charge in [-0.1, -0.05) is 31.1 Å². The van der Waals surface area contributed by atoms with Gasteiger partial charge in [0, 0.05) is 29.6 Å². The van der Waals surface area contributed by atoms with E-state index < -0.39 is 23.8 Å². The van der Waals surface area contributed by atoms with Crippen molar-refractivity contribution in [1.82, 2.24) is 0 Å². The lowest BCUT2D eigenvalue weighted by molar-refractivity contribution is -0.127. The molecule has 0 aromatic carbocycles. The van der Waals surface area contributed by atoms with Crippen LogP contribution in [0.4, 0.5) is 9.59 Å². The summed E-state index contributed by atoms with van der Waals surface area (Å²) in [7, 11) is 2.61. The molecular weight excluding hydrogens is 400 g/mol. The zero-order chi connectivity index (χ0) is 22.4. The lowest BCUT2D eigenvalue weighted by Gasteiger charge is -2.51. The Morgan fingerprint density at radius 2 is 1.77 bits per heavy atom. The fourth-order valence-electron chi connectivity index (χ4n) is 6.46. The van der Waals surface area contributed by atoms with Gasteiger partial charge in [-0.2, -0.15) is 0 Å². The summed E-state index contributed by atoms with van der Waals surface area (Å²) in [6.07, 6.45) is 7.33. The number of rotatable bonds is 2. The van der Waals surface area contributed by atoms with Crippen LogP contribution in [0.5, 0.6) is 0 Å². The van der Waals surface area contributed by atoms with E-state index in [-0.39, 0.29) is 23.4 Å². The number of carbonyl (C=O) groups excluding carboxylic acids is 3. The van der Waals surface area contributed by atoms with Crippen molar-refractivity contribution < 1.29 is 33.3 Å². The van der Waals surface area contributed by atoms with E-state index in [1.165, 1.54) is 19.8 Å². The molecule has 7 heteroatoms. The molecule has 2 saturated carbocycles. The number of Topliss-reactive ketones (excluding diaryl/α,β-unsaturated/α-hetero) is 1. The van der Waals surface area contributed by atoms with Crippen LogP contribution in [0.25, 0.3) is 0 Å². The van der Waals surface area contributed by atoms with Crippen LogP contribution in [0.1, 0.15) is 58.8 Å². The van der Waals surface area contributed by atoms with Crippen molar-refractivity contribution in [3.05, 3.63) is 23.3 Å². The van der Waals surface area contributed by atoms with Gasteiger partial charge in [-0.25, -0.2) is 9.59 Å². The second-order valence-corrected chi connectivity index (χ2v) is 9.73. The summed E-state index contributed by atoms with van der Waals surface area (Å²) < 4.78 is 20.7. The van der Waals surface area contributed by atoms with Gasteiger partial charge in [0.2, 0.25) is 0 Å². The van der Waals surface area contributed by atoms with E-state index in [1.54, 1.807) is 0 Å². The molecule has 31 heavy (non-hydrogen) atoms. The van der Waals surface area contributed by atoms with Gasteiger partial charge in [0.25, 0.3) is 0 Å². The molecule has 0 amide bonds. The SMILES string of the molecule is COC(=O)O[C@H]1CCC[C@@]2(C)C(=C[C@H](OC(=O)OC)C3C2=CC[C@]2(C)C(=O)CCC32)C1. The lowest BCUT2D eigenvalue weighted by atomic mass is 9.53. The van der Waals surface area contributed by atoms with Crippen LogP contribution >= 0.6 is 0 Å². The third-order valence-electron chi connectivity index (χ3n) is 8.22. The molecule has 2 fully saturated rings. The highest BCUT2D eigenvalue weighted by Crippen LogP contribution is 2.61. The van der Waals surface area contributed by atoms with Crippen LogP contribution in [-0.2, 0) is 23.7 Å². The van der Waals surface area contributed by atoms with Crippen LogP contribution in [0.3, 0.4) is 0 Å². The molecule has 0 aromatic heterocycles. The first-order chi connectivity index (χ1) is 14.7. The summed E-state index contributed by atoms with van der Waals surface area (Å²) in [6, 6.07) is 0. The molecule has 6 atom stereocenters. The van der Waals surface area contributed by atoms with E-state index in [0.717, 1.165) is 37.7 Å². The Hall–Kier alpha value is -2.31. The molecule has 0 N–H and O–H groups in total. The van der Waals surface area contributed by atoms with Gasteiger partial charge in [0.15, 0.2) is 0 Å². The summed E-state index contributed by atoms with van der Waals surface area (Å²) in [6.45, 7) is 4.30. The summed E-state index contributed by atoms with van der Waals surface area (Å²) >= 11 is 0. The standard InChI is InChI=1S/C24H32O7/c1-23-10-5-6-15(30-21(26)28-3)12-14(23)13-18(31-22(27)29-4)20-16-7-8-19(25)24(16,2)11-9-17(20)23/h9,13,15-16,18,20H,5-8,10-12H2,1-4H3/t15-,16?,18-,20?,23-,24-/m0/s1. The molecule has 0 bridgehead atoms. The predicted octanol–water partition coefficient (Wildman–Crippen LogP) is 4.74. The first kappa shape index (κ1) is 21.9. The molecular formula is C24H32O7. The topological polar surface area (TPSA) is 88.1 Å². The summed E-state index contributed by atoms with van der Waals surface area (Å²) in [5.41, 5.74) is 1.76. The summed E-state index contributed by atoms with van der Waals surface area (Å²) in [5, 5.41) is 0. The van der Waals surface area contributed by atoms with E-state index in [9.17, 15) is 14.4 Å². The largest absolute Gasteiger partial charge is 0.508 e. The van der Waals surface area contributed by atoms with Crippen LogP contribution in [0.15, 0.2) is 23.3 Å². The minimum Gasteiger partial charge on any atom is -0.438 e. The lowest BCUT2D eigenvalue weighted by Crippen LogP contribution is -2.49. The van der Waals surface area contributed by atoms with Crippen molar-refractivity contribution in [1.29, 1.82) is 0 Å². The summed E-state index contributed by atoms with van der Waals surface area (Å²) in [5.74, 6) is 0.391. The van der Waals surface area contributed by atoms with Crippen molar-refractivity contribution in [3.63, 3.8) is 0 Å². The molecule has 2 unspecified atom stereocenters. The number of fused-ring (bicyclic) bond motifs is 5. The highest BCUT2D eigenvalue weighted by Gasteiger charge is 2.58. The minimum absolute atomic E-state index is 0.0453. The Morgan fingerprint density at radius 3 is 2.48 bits per heavy atom. The predicted molar refractivity (Wildman–Crippen MR) is 111 cm³/mol. The zero-order valence-electron chi connectivity index (χ0n) is 18.8. The highest BCUT2D eigenvalue weighted by atomic mass is 16.7. The van der Waals surface area contributed by atoms with E-state index in [4.69, 9.17) is 14.2 Å². The van der Waals surface area contributed by atoms with Crippen molar-refractivity contribution in [3.8, 4) is 0 Å². The van der Waals surface area contributed by atoms with Gasteiger partial charge in [-0.3, -0.25) is 4.79 Å². The van der Waals surface area contributed by atoms with E-state index in [2.05, 4.69) is 24.7 Å². The number of carbonyl (C=O) groups is 3. The zero-order valence-corrected chi connectivity index (χ0v) is 18.8. The molecule has 0 spiro atoms. The number of methoxy groups -OCH3 is 2. The van der Waals surface area contributed by atoms with Crippen LogP contribution < -0.4 is 0 Å². The molecule has 4 aliphatic carbocycles. The third-order valence-corrected chi connectivity index (χ3v) is 8.22. The van der Waals surface area contributed by atoms with Crippen LogP contribution in [-0.4, -0.2) is 44.5 Å². The number of ether oxygens (including phenoxy) is 4. The van der Waals surface area contributed by atoms with Crippen LogP contribution in [0, 0.1) is 22.7 Å². The molecule has 7 nitrogen and oxygen atoms in total. The van der Waals surface area contributed by atoms with Gasteiger partial charge < -0.3 is 18.9 Å². The molecule has 170 valence electrons. The average molecular weight is 433 g/mol. The maximum atomic E-state index is 12.7. The Bertz CT molecular complexity index is 843. The van der Waals surface area contributed by atoms with E-state index >= 15 is 0 Å². The maximum Gasteiger partial charge on any atom is 0.508 e. The Labute approximate surface area is 183 Å². The van der Waals surface area contributed by atoms with Crippen LogP contribution in [0.2, 0.25) is 0 Å². The fourth-order valence-corrected chi connectivity index (χ4v) is 6.46. The quantitative estimate of drug-likeness (QED) is 0.460. The van der Waals surface area contributed by atoms with E-state index in [0.29, 0.717) is 18.6 Å². The van der Waals surface area contributed by atoms with Crippen molar-refractivity contribution in [2.45, 2.75) is 71.0 Å². The Kier molecular flexibility index (Phi) is 5.64. The third kappa shape index (κ3) is 3.56. The van der Waals surface area contributed by atoms with Gasteiger partial charge in [0.1, 0.15) is 18.0 Å². The van der Waals surface area contributed by atoms with Crippen molar-refractivity contribution >= 4 is 18.1 Å². The second kappa shape index (κ2) is 7.99. The molecule has 0 aromatic rings. The van der Waals surface area contributed by atoms with Crippen molar-refractivity contribution in [2.24, 2.45) is 22.7 Å². The fraction of sp³-hybridized carbons (Fsp3) is 0.708. The Balaban J connectivity index is 1.75. The first-order valence-electron chi connectivity index (χ1n) is 11.2. The second-order valence-electron chi connectivity index (χ2n) is 9.73. The Morgan fingerprint density at radius 1 is 1.06 bits per heavy atom. The molecule has 4 aliphatic rings. The van der Waals surface area contributed by atoms with Gasteiger partial charge in [0.05, 0.1) is 14.2 Å². The monoisotopic (exact) mass is 432 g/mol. The normalized spacial score (nSPS) is 39.0. The smallest absolute Gasteiger partial charge is 0.438 e. The molecule has 0 radical (unpaired) electrons. The maximum absolute atomic E-state index is 12.7. The molecule has 0 heterocycles. The number of hydrogen-bond donors (Lipinski definition) is 0. The molecule has 0 aliphatic heterocycles. The number of hydrogen-bond acceptors (Lipinski definition) is 7. The van der Waals surface area contributed by atoms with Gasteiger partial charge >= 0.3 is 12.3 Å². The summed E-state index contributed by atoms with van der Waals surface area (Å²) in [4.78, 5) is 36.6.